The Morgan fingerprint density at radius 2 is 1.65 bits per heavy atom. The van der Waals surface area contributed by atoms with Gasteiger partial charge in [0.25, 0.3) is 0 Å². The fourth-order valence-corrected chi connectivity index (χ4v) is 5.68. The number of para-hydroxylation sites is 1. The van der Waals surface area contributed by atoms with Crippen LogP contribution in [-0.4, -0.2) is 54.4 Å². The van der Waals surface area contributed by atoms with Crippen molar-refractivity contribution in [3.8, 4) is 5.75 Å². The lowest BCUT2D eigenvalue weighted by Crippen LogP contribution is -2.44. The molecule has 3 fully saturated rings. The molecule has 2 saturated heterocycles. The van der Waals surface area contributed by atoms with Gasteiger partial charge in [0.15, 0.2) is 0 Å². The number of hydrogen-bond acceptors (Lipinski definition) is 3. The Labute approximate surface area is 202 Å². The maximum absolute atomic E-state index is 13.1. The second-order valence-corrected chi connectivity index (χ2v) is 10.00. The summed E-state index contributed by atoms with van der Waals surface area (Å²) in [5, 5.41) is 0. The van der Waals surface area contributed by atoms with Gasteiger partial charge in [0.1, 0.15) is 5.75 Å². The van der Waals surface area contributed by atoms with E-state index >= 15 is 0 Å². The van der Waals surface area contributed by atoms with Crippen LogP contribution >= 0.6 is 0 Å². The Kier molecular flexibility index (Phi) is 6.44. The highest BCUT2D eigenvalue weighted by molar-refractivity contribution is 5.92. The van der Waals surface area contributed by atoms with E-state index in [1.54, 1.807) is 6.08 Å². The maximum Gasteiger partial charge on any atom is 0.246 e. The number of likely N-dealkylation sites (tertiary alicyclic amines) is 2. The lowest BCUT2D eigenvalue weighted by atomic mass is 9.78. The number of nitrogens with zero attached hydrogens (tertiary/aromatic N) is 2. The van der Waals surface area contributed by atoms with Crippen LogP contribution in [-0.2, 0) is 9.59 Å². The van der Waals surface area contributed by atoms with Crippen LogP contribution in [0, 0.1) is 11.3 Å². The zero-order valence-corrected chi connectivity index (χ0v) is 20.0. The molecule has 2 heterocycles. The number of carbonyl (C=O) groups is 2. The van der Waals surface area contributed by atoms with E-state index in [0.29, 0.717) is 18.4 Å². The summed E-state index contributed by atoms with van der Waals surface area (Å²) in [4.78, 5) is 30.0. The molecule has 2 aliphatic heterocycles. The summed E-state index contributed by atoms with van der Waals surface area (Å²) in [6, 6.07) is 18.2. The first-order chi connectivity index (χ1) is 16.6. The third-order valence-corrected chi connectivity index (χ3v) is 7.85. The number of hydrogen-bond donors (Lipinski definition) is 0. The normalized spacial score (nSPS) is 23.4. The monoisotopic (exact) mass is 458 g/mol. The second kappa shape index (κ2) is 9.65. The summed E-state index contributed by atoms with van der Waals surface area (Å²) < 4.78 is 5.65. The van der Waals surface area contributed by atoms with Gasteiger partial charge >= 0.3 is 0 Å². The minimum absolute atomic E-state index is 0.0516. The molecule has 0 bridgehead atoms. The van der Waals surface area contributed by atoms with Gasteiger partial charge in [-0.05, 0) is 61.6 Å². The molecule has 5 rings (SSSR count). The molecule has 0 N–H and O–H groups in total. The van der Waals surface area contributed by atoms with Crippen molar-refractivity contribution in [2.75, 3.05) is 32.8 Å². The number of benzene rings is 2. The number of piperidine rings is 1. The molecule has 2 aromatic rings. The van der Waals surface area contributed by atoms with Gasteiger partial charge in [0.2, 0.25) is 11.8 Å². The largest absolute Gasteiger partial charge is 0.493 e. The minimum atomic E-state index is 0.0516. The minimum Gasteiger partial charge on any atom is -0.493 e. The fraction of sp³-hybridized carbons (Fsp3) is 0.448. The van der Waals surface area contributed by atoms with Crippen LogP contribution in [0.15, 0.2) is 60.7 Å². The maximum atomic E-state index is 13.1. The molecule has 178 valence electrons. The van der Waals surface area contributed by atoms with Crippen LogP contribution in [0.25, 0.3) is 6.08 Å². The van der Waals surface area contributed by atoms with Gasteiger partial charge in [-0.25, -0.2) is 0 Å². The van der Waals surface area contributed by atoms with Crippen molar-refractivity contribution >= 4 is 17.9 Å². The van der Waals surface area contributed by atoms with Gasteiger partial charge in [0, 0.05) is 43.7 Å². The van der Waals surface area contributed by atoms with E-state index in [2.05, 4.69) is 29.2 Å². The zero-order valence-electron chi connectivity index (χ0n) is 20.0. The first-order valence-electron chi connectivity index (χ1n) is 12.6. The molecule has 2 aromatic carbocycles. The molecule has 1 saturated carbocycles. The van der Waals surface area contributed by atoms with Crippen LogP contribution < -0.4 is 4.74 Å². The molecular formula is C29H34N2O3. The van der Waals surface area contributed by atoms with Crippen molar-refractivity contribution in [2.45, 2.75) is 38.5 Å². The van der Waals surface area contributed by atoms with E-state index in [9.17, 15) is 9.59 Å². The number of ether oxygens (including phenoxy) is 1. The number of carbonyl (C=O) groups excluding carboxylic acids is 2. The highest BCUT2D eigenvalue weighted by atomic mass is 16.5. The van der Waals surface area contributed by atoms with Crippen LogP contribution in [0.2, 0.25) is 0 Å². The quantitative estimate of drug-likeness (QED) is 0.588. The van der Waals surface area contributed by atoms with Gasteiger partial charge in [-0.3, -0.25) is 9.59 Å². The van der Waals surface area contributed by atoms with E-state index < -0.39 is 0 Å². The summed E-state index contributed by atoms with van der Waals surface area (Å²) in [5.74, 6) is 1.73. The van der Waals surface area contributed by atoms with E-state index in [1.807, 2.05) is 48.2 Å². The summed E-state index contributed by atoms with van der Waals surface area (Å²) in [5.41, 5.74) is 2.39. The lowest BCUT2D eigenvalue weighted by molar-refractivity contribution is -0.133. The van der Waals surface area contributed by atoms with Crippen molar-refractivity contribution in [3.63, 3.8) is 0 Å². The Bertz CT molecular complexity index is 1060. The molecule has 1 spiro atoms. The summed E-state index contributed by atoms with van der Waals surface area (Å²) in [6.07, 6.45) is 7.50. The molecule has 5 nitrogen and oxygen atoms in total. The van der Waals surface area contributed by atoms with Gasteiger partial charge in [-0.2, -0.15) is 0 Å². The predicted molar refractivity (Wildman–Crippen MR) is 133 cm³/mol. The fourth-order valence-electron chi connectivity index (χ4n) is 5.68. The van der Waals surface area contributed by atoms with Crippen LogP contribution in [0.3, 0.4) is 0 Å². The highest BCUT2D eigenvalue weighted by Crippen LogP contribution is 2.50. The smallest absolute Gasteiger partial charge is 0.246 e. The Hall–Kier alpha value is -3.08. The third kappa shape index (κ3) is 4.75. The second-order valence-electron chi connectivity index (χ2n) is 10.00. The van der Waals surface area contributed by atoms with Crippen molar-refractivity contribution in [1.29, 1.82) is 0 Å². The van der Waals surface area contributed by atoms with Crippen LogP contribution in [0.5, 0.6) is 5.75 Å². The van der Waals surface area contributed by atoms with Crippen molar-refractivity contribution in [3.05, 3.63) is 71.8 Å². The standard InChI is InChI=1S/C29H34N2O3/c1-2-34-26-11-7-6-10-23(26)12-13-27(32)30-17-14-29(15-18-30)16-19-31(21-29)28(33)25-20-24(25)22-8-4-3-5-9-22/h3-13,24-25H,2,14-21H2,1H3/b13-12+/t24-,25+/m0/s1. The molecule has 34 heavy (non-hydrogen) atoms. The SMILES string of the molecule is CCOc1ccccc1/C=C/C(=O)N1CCC2(CC1)CCN(C(=O)[C@@H]1C[C@H]1c1ccccc1)C2. The van der Waals surface area contributed by atoms with Crippen LogP contribution in [0.4, 0.5) is 0 Å². The molecule has 5 heteroatoms. The zero-order chi connectivity index (χ0) is 23.5. The molecular weight excluding hydrogens is 424 g/mol. The molecule has 2 atom stereocenters. The average Bonchev–Trinajstić information content (AvgIpc) is 3.58. The number of rotatable bonds is 6. The van der Waals surface area contributed by atoms with Crippen molar-refractivity contribution in [2.24, 2.45) is 11.3 Å². The third-order valence-electron chi connectivity index (χ3n) is 7.85. The Morgan fingerprint density at radius 1 is 0.971 bits per heavy atom. The topological polar surface area (TPSA) is 49.9 Å². The van der Waals surface area contributed by atoms with E-state index in [4.69, 9.17) is 4.74 Å². The first-order valence-corrected chi connectivity index (χ1v) is 12.6. The lowest BCUT2D eigenvalue weighted by Gasteiger charge is -2.39. The average molecular weight is 459 g/mol. The first kappa shape index (κ1) is 22.7. The van der Waals surface area contributed by atoms with E-state index in [1.165, 1.54) is 5.56 Å². The predicted octanol–water partition coefficient (Wildman–Crippen LogP) is 4.74. The van der Waals surface area contributed by atoms with E-state index in [0.717, 1.165) is 63.2 Å². The van der Waals surface area contributed by atoms with Gasteiger partial charge in [0.05, 0.1) is 6.61 Å². The van der Waals surface area contributed by atoms with Gasteiger partial charge < -0.3 is 14.5 Å². The molecule has 3 aliphatic rings. The Balaban J connectivity index is 1.13. The molecule has 0 aromatic heterocycles. The molecule has 2 amide bonds. The molecule has 1 aliphatic carbocycles. The van der Waals surface area contributed by atoms with Crippen molar-refractivity contribution in [1.82, 2.24) is 9.80 Å². The Morgan fingerprint density at radius 3 is 2.38 bits per heavy atom. The number of amides is 2. The molecule has 0 unspecified atom stereocenters. The van der Waals surface area contributed by atoms with Crippen LogP contribution in [0.1, 0.15) is 49.7 Å². The summed E-state index contributed by atoms with van der Waals surface area (Å²) in [7, 11) is 0. The highest BCUT2D eigenvalue weighted by Gasteiger charge is 2.49. The van der Waals surface area contributed by atoms with Gasteiger partial charge in [-0.15, -0.1) is 0 Å². The molecule has 0 radical (unpaired) electrons. The van der Waals surface area contributed by atoms with E-state index in [-0.39, 0.29) is 17.2 Å². The summed E-state index contributed by atoms with van der Waals surface area (Å²) in [6.45, 7) is 5.78. The summed E-state index contributed by atoms with van der Waals surface area (Å²) >= 11 is 0. The van der Waals surface area contributed by atoms with Crippen molar-refractivity contribution < 1.29 is 14.3 Å². The van der Waals surface area contributed by atoms with Gasteiger partial charge in [-0.1, -0.05) is 48.5 Å².